The fourth-order valence-corrected chi connectivity index (χ4v) is 9.80. The Labute approximate surface area is 371 Å². The third-order valence-electron chi connectivity index (χ3n) is 11.4. The van der Waals surface area contributed by atoms with Gasteiger partial charge in [-0.05, 0) is 58.6 Å². The molecule has 0 saturated heterocycles. The fourth-order valence-electron chi connectivity index (χ4n) is 8.57. The number of para-hydroxylation sites is 3. The van der Waals surface area contributed by atoms with Crippen LogP contribution in [0.3, 0.4) is 0 Å². The molecule has 3 aromatic heterocycles. The van der Waals surface area contributed by atoms with Gasteiger partial charge >= 0.3 is 0 Å². The Morgan fingerprint density at radius 3 is 1.50 bits per heavy atom. The maximum atomic E-state index is 9.52. The maximum Gasteiger partial charge on any atom is 0.166 e. The highest BCUT2D eigenvalue weighted by Gasteiger charge is 2.24. The molecule has 0 spiro atoms. The van der Waals surface area contributed by atoms with E-state index in [1.165, 1.54) is 12.1 Å². The van der Waals surface area contributed by atoms with E-state index in [0.29, 0.717) is 28.7 Å². The first kappa shape index (κ1) is 30.1. The maximum absolute atomic E-state index is 9.52. The van der Waals surface area contributed by atoms with Gasteiger partial charge in [-0.3, -0.25) is 0 Å². The van der Waals surface area contributed by atoms with Crippen LogP contribution in [0, 0.1) is 0 Å². The van der Waals surface area contributed by atoms with Gasteiger partial charge in [0.25, 0.3) is 0 Å². The monoisotopic (exact) mass is 814 g/mol. The zero-order valence-corrected chi connectivity index (χ0v) is 33.8. The normalized spacial score (nSPS) is 12.9. The Bertz CT molecular complexity index is 3830. The lowest BCUT2D eigenvalue weighted by atomic mass is 9.97. The van der Waals surface area contributed by atoms with E-state index in [2.05, 4.69) is 72.8 Å². The predicted octanol–water partition coefficient (Wildman–Crippen LogP) is 15.3. The summed E-state index contributed by atoms with van der Waals surface area (Å²) >= 11 is 1.68. The second-order valence-corrected chi connectivity index (χ2v) is 16.1. The molecule has 3 heterocycles. The molecule has 0 N–H and O–H groups in total. The van der Waals surface area contributed by atoms with Crippen molar-refractivity contribution in [3.05, 3.63) is 218 Å². The second-order valence-electron chi connectivity index (χ2n) is 15.1. The Morgan fingerprint density at radius 2 is 0.855 bits per heavy atom. The first-order chi connectivity index (χ1) is 33.2. The molecule has 290 valence electrons. The molecule has 12 aromatic rings. The summed E-state index contributed by atoms with van der Waals surface area (Å²) in [5.41, 5.74) is 8.79. The average molecular weight is 815 g/mol. The minimum Gasteiger partial charge on any atom is -0.308 e. The van der Waals surface area contributed by atoms with Crippen molar-refractivity contribution >= 4 is 53.3 Å². The fraction of sp³-hybridized carbons (Fsp3) is 0. The number of nitrogens with zero attached hydrogens (tertiary/aromatic N) is 4. The number of fused-ring (bicyclic) bond motifs is 6. The van der Waals surface area contributed by atoms with Crippen LogP contribution in [0.5, 0.6) is 0 Å². The molecule has 0 unspecified atom stereocenters. The van der Waals surface area contributed by atoms with E-state index in [4.69, 9.17) is 17.7 Å². The van der Waals surface area contributed by atoms with Crippen molar-refractivity contribution in [2.45, 2.75) is 0 Å². The average Bonchev–Trinajstić information content (AvgIpc) is 3.95. The molecule has 4 nitrogen and oxygen atoms in total. The van der Waals surface area contributed by atoms with E-state index in [9.17, 15) is 5.48 Å². The van der Waals surface area contributed by atoms with E-state index >= 15 is 0 Å². The SMILES string of the molecule is [2H]c1cc([2H])c2c(c1[2H])c1c([2H])c([2H])cc([2H])c1n2-c1c(-c2nc(-c3cccc(-c4ccccc4)c3)nc(-c3cccc(-c4ccccc4)c3)n2)cccc1-c1cccc2c1sc1ccccc12. The van der Waals surface area contributed by atoms with Crippen LogP contribution in [0.25, 0.3) is 115 Å². The molecule has 9 aromatic carbocycles. The van der Waals surface area contributed by atoms with Crippen molar-refractivity contribution in [2.24, 2.45) is 0 Å². The third kappa shape index (κ3) is 6.09. The predicted molar refractivity (Wildman–Crippen MR) is 260 cm³/mol. The molecule has 0 fully saturated rings. The van der Waals surface area contributed by atoms with Crippen molar-refractivity contribution in [3.63, 3.8) is 0 Å². The summed E-state index contributed by atoms with van der Waals surface area (Å²) in [6, 6.07) is 58.8. The molecule has 0 aliphatic heterocycles. The largest absolute Gasteiger partial charge is 0.308 e. The van der Waals surface area contributed by atoms with Gasteiger partial charge in [0, 0.05) is 58.8 Å². The lowest BCUT2D eigenvalue weighted by Crippen LogP contribution is -2.05. The lowest BCUT2D eigenvalue weighted by Gasteiger charge is -2.19. The molecule has 0 saturated carbocycles. The van der Waals surface area contributed by atoms with Crippen LogP contribution in [-0.2, 0) is 0 Å². The van der Waals surface area contributed by atoms with E-state index in [1.807, 2.05) is 97.1 Å². The molecule has 0 atom stereocenters. The standard InChI is InChI=1S/C57H36N4S/c1-3-17-37(18-4-1)39-21-13-23-41(35-39)55-58-56(42-24-14-22-40(36-42)38-19-5-2-6-20-38)60-57(59-55)49-31-15-28-46(48-30-16-29-47-45-27-9-12-34-52(45)62-54(47)48)53(49)61-50-32-10-7-25-43(50)44-26-8-11-33-51(44)61/h1-36H/i7D,8D,25D,26D,32D,33D. The van der Waals surface area contributed by atoms with Crippen LogP contribution >= 0.6 is 11.3 Å². The van der Waals surface area contributed by atoms with Crippen LogP contribution in [0.2, 0.25) is 0 Å². The number of hydrogen-bond donors (Lipinski definition) is 0. The Balaban J connectivity index is 1.22. The van der Waals surface area contributed by atoms with Gasteiger partial charge in [0.1, 0.15) is 0 Å². The molecule has 0 amide bonds. The Kier molecular flexibility index (Phi) is 7.25. The summed E-state index contributed by atoms with van der Waals surface area (Å²) in [5, 5.41) is 2.53. The molecule has 0 aliphatic rings. The zero-order valence-electron chi connectivity index (χ0n) is 39.0. The first-order valence-corrected chi connectivity index (χ1v) is 21.2. The molecule has 0 aliphatic carbocycles. The summed E-state index contributed by atoms with van der Waals surface area (Å²) in [7, 11) is 0. The van der Waals surface area contributed by atoms with Crippen LogP contribution in [0.15, 0.2) is 218 Å². The minimum absolute atomic E-state index is 0.0594. The number of aromatic nitrogens is 4. The van der Waals surface area contributed by atoms with Gasteiger partial charge in [0.15, 0.2) is 17.5 Å². The summed E-state index contributed by atoms with van der Waals surface area (Å²) in [5.74, 6) is 1.18. The summed E-state index contributed by atoms with van der Waals surface area (Å²) in [6.07, 6.45) is 0. The number of rotatable bonds is 7. The topological polar surface area (TPSA) is 43.6 Å². The van der Waals surface area contributed by atoms with Crippen LogP contribution in [-0.4, -0.2) is 19.5 Å². The van der Waals surface area contributed by atoms with Crippen LogP contribution in [0.4, 0.5) is 0 Å². The lowest BCUT2D eigenvalue weighted by molar-refractivity contribution is 1.06. The summed E-state index contributed by atoms with van der Waals surface area (Å²) in [6.45, 7) is 0. The van der Waals surface area contributed by atoms with Crippen molar-refractivity contribution < 1.29 is 8.22 Å². The molecule has 12 rings (SSSR count). The highest BCUT2D eigenvalue weighted by atomic mass is 32.1. The van der Waals surface area contributed by atoms with Gasteiger partial charge in [-0.25, -0.2) is 15.0 Å². The molecular formula is C57H36N4S. The van der Waals surface area contributed by atoms with Gasteiger partial charge in [-0.15, -0.1) is 11.3 Å². The third-order valence-corrected chi connectivity index (χ3v) is 12.6. The van der Waals surface area contributed by atoms with Crippen LogP contribution in [0.1, 0.15) is 8.22 Å². The Morgan fingerprint density at radius 1 is 0.371 bits per heavy atom. The summed E-state index contributed by atoms with van der Waals surface area (Å²) < 4.78 is 59.0. The van der Waals surface area contributed by atoms with Crippen molar-refractivity contribution in [2.75, 3.05) is 0 Å². The second kappa shape index (κ2) is 14.9. The minimum atomic E-state index is -0.190. The number of thiophene rings is 1. The highest BCUT2D eigenvalue weighted by Crippen LogP contribution is 2.46. The van der Waals surface area contributed by atoms with Crippen LogP contribution < -0.4 is 0 Å². The number of benzene rings is 9. The molecular weight excluding hydrogens is 773 g/mol. The highest BCUT2D eigenvalue weighted by molar-refractivity contribution is 7.26. The van der Waals surface area contributed by atoms with E-state index < -0.39 is 0 Å². The van der Waals surface area contributed by atoms with Crippen molar-refractivity contribution in [1.82, 2.24) is 19.5 Å². The van der Waals surface area contributed by atoms with E-state index in [-0.39, 0.29) is 58.1 Å². The first-order valence-electron chi connectivity index (χ1n) is 23.4. The van der Waals surface area contributed by atoms with Crippen molar-refractivity contribution in [1.29, 1.82) is 0 Å². The molecule has 0 radical (unpaired) electrons. The Hall–Kier alpha value is -7.99. The van der Waals surface area contributed by atoms with Gasteiger partial charge in [0.2, 0.25) is 0 Å². The van der Waals surface area contributed by atoms with E-state index in [0.717, 1.165) is 64.7 Å². The van der Waals surface area contributed by atoms with Gasteiger partial charge in [-0.1, -0.05) is 182 Å². The van der Waals surface area contributed by atoms with E-state index in [1.54, 1.807) is 15.9 Å². The van der Waals surface area contributed by atoms with Crippen molar-refractivity contribution in [3.8, 4) is 73.2 Å². The summed E-state index contributed by atoms with van der Waals surface area (Å²) in [4.78, 5) is 15.8. The van der Waals surface area contributed by atoms with Gasteiger partial charge in [-0.2, -0.15) is 0 Å². The number of hydrogen-bond acceptors (Lipinski definition) is 4. The molecule has 0 bridgehead atoms. The van der Waals surface area contributed by atoms with Gasteiger partial charge < -0.3 is 4.57 Å². The van der Waals surface area contributed by atoms with Gasteiger partial charge in [0.05, 0.1) is 24.9 Å². The molecule has 5 heteroatoms. The quantitative estimate of drug-likeness (QED) is 0.161. The molecule has 62 heavy (non-hydrogen) atoms. The zero-order chi connectivity index (χ0) is 46.2. The smallest absolute Gasteiger partial charge is 0.166 e.